The van der Waals surface area contributed by atoms with Gasteiger partial charge in [0.2, 0.25) is 0 Å². The SMILES string of the molecule is O=Cc1cc(OCCCc2ccccc2)ccc1Br. The van der Waals surface area contributed by atoms with Crippen LogP contribution in [0.25, 0.3) is 0 Å². The van der Waals surface area contributed by atoms with E-state index < -0.39 is 0 Å². The molecule has 0 spiro atoms. The molecule has 0 bridgehead atoms. The van der Waals surface area contributed by atoms with Crippen LogP contribution in [0.1, 0.15) is 22.3 Å². The number of carbonyl (C=O) groups excluding carboxylic acids is 1. The molecule has 2 aromatic carbocycles. The van der Waals surface area contributed by atoms with Gasteiger partial charge < -0.3 is 4.74 Å². The van der Waals surface area contributed by atoms with Gasteiger partial charge in [-0.2, -0.15) is 0 Å². The number of aldehydes is 1. The van der Waals surface area contributed by atoms with Crippen LogP contribution in [-0.4, -0.2) is 12.9 Å². The highest BCUT2D eigenvalue weighted by molar-refractivity contribution is 9.10. The van der Waals surface area contributed by atoms with E-state index in [9.17, 15) is 4.79 Å². The average Bonchev–Trinajstić information content (AvgIpc) is 2.46. The Labute approximate surface area is 121 Å². The first-order valence-electron chi connectivity index (χ1n) is 6.21. The lowest BCUT2D eigenvalue weighted by molar-refractivity contribution is 0.112. The van der Waals surface area contributed by atoms with Gasteiger partial charge in [-0.25, -0.2) is 0 Å². The fourth-order valence-electron chi connectivity index (χ4n) is 1.81. The number of hydrogen-bond acceptors (Lipinski definition) is 2. The highest BCUT2D eigenvalue weighted by Gasteiger charge is 2.01. The van der Waals surface area contributed by atoms with Crippen molar-refractivity contribution in [3.05, 3.63) is 64.1 Å². The fourth-order valence-corrected chi connectivity index (χ4v) is 2.15. The van der Waals surface area contributed by atoms with Crippen LogP contribution in [0.5, 0.6) is 5.75 Å². The first-order valence-corrected chi connectivity index (χ1v) is 7.00. The number of rotatable bonds is 6. The quantitative estimate of drug-likeness (QED) is 0.587. The molecule has 0 fully saturated rings. The normalized spacial score (nSPS) is 10.2. The molecule has 0 aliphatic carbocycles. The summed E-state index contributed by atoms with van der Waals surface area (Å²) in [4.78, 5) is 10.8. The third kappa shape index (κ3) is 4.21. The van der Waals surface area contributed by atoms with Gasteiger partial charge in [0.25, 0.3) is 0 Å². The minimum Gasteiger partial charge on any atom is -0.494 e. The molecule has 2 rings (SSSR count). The van der Waals surface area contributed by atoms with E-state index in [-0.39, 0.29) is 0 Å². The summed E-state index contributed by atoms with van der Waals surface area (Å²) >= 11 is 3.32. The first kappa shape index (κ1) is 13.8. The van der Waals surface area contributed by atoms with Crippen LogP contribution in [0.15, 0.2) is 53.0 Å². The summed E-state index contributed by atoms with van der Waals surface area (Å²) in [7, 11) is 0. The van der Waals surface area contributed by atoms with E-state index in [1.807, 2.05) is 30.3 Å². The summed E-state index contributed by atoms with van der Waals surface area (Å²) in [5, 5.41) is 0. The first-order chi connectivity index (χ1) is 9.29. The molecular weight excluding hydrogens is 304 g/mol. The average molecular weight is 319 g/mol. The van der Waals surface area contributed by atoms with Gasteiger partial charge >= 0.3 is 0 Å². The molecule has 0 amide bonds. The van der Waals surface area contributed by atoms with E-state index >= 15 is 0 Å². The molecule has 0 saturated heterocycles. The zero-order chi connectivity index (χ0) is 13.5. The number of ether oxygens (including phenoxy) is 1. The fraction of sp³-hybridized carbons (Fsp3) is 0.188. The van der Waals surface area contributed by atoms with Crippen LogP contribution in [-0.2, 0) is 6.42 Å². The van der Waals surface area contributed by atoms with Gasteiger partial charge in [0.1, 0.15) is 5.75 Å². The second kappa shape index (κ2) is 7.10. The largest absolute Gasteiger partial charge is 0.494 e. The molecule has 0 saturated carbocycles. The molecule has 0 aliphatic heterocycles. The molecule has 0 heterocycles. The molecule has 0 unspecified atom stereocenters. The van der Waals surface area contributed by atoms with Gasteiger partial charge in [0, 0.05) is 10.0 Å². The summed E-state index contributed by atoms with van der Waals surface area (Å²) in [5.41, 5.74) is 1.93. The maximum Gasteiger partial charge on any atom is 0.151 e. The molecule has 0 atom stereocenters. The Kier molecular flexibility index (Phi) is 5.16. The molecule has 19 heavy (non-hydrogen) atoms. The lowest BCUT2D eigenvalue weighted by atomic mass is 10.1. The molecule has 98 valence electrons. The molecule has 2 nitrogen and oxygen atoms in total. The van der Waals surface area contributed by atoms with Crippen molar-refractivity contribution in [3.63, 3.8) is 0 Å². The van der Waals surface area contributed by atoms with Gasteiger partial charge in [-0.3, -0.25) is 4.79 Å². The standard InChI is InChI=1S/C16H15BrO2/c17-16-9-8-15(11-14(16)12-18)19-10-4-7-13-5-2-1-3-6-13/h1-3,5-6,8-9,11-12H,4,7,10H2. The Morgan fingerprint density at radius 2 is 1.89 bits per heavy atom. The number of carbonyl (C=O) groups is 1. The van der Waals surface area contributed by atoms with E-state index in [0.29, 0.717) is 12.2 Å². The molecular formula is C16H15BrO2. The van der Waals surface area contributed by atoms with E-state index in [1.165, 1.54) is 5.56 Å². The summed E-state index contributed by atoms with van der Waals surface area (Å²) in [6.45, 7) is 0.648. The molecule has 0 N–H and O–H groups in total. The second-order valence-corrected chi connectivity index (χ2v) is 5.09. The van der Waals surface area contributed by atoms with Crippen molar-refractivity contribution < 1.29 is 9.53 Å². The highest BCUT2D eigenvalue weighted by Crippen LogP contribution is 2.21. The minimum absolute atomic E-state index is 0.612. The Morgan fingerprint density at radius 3 is 2.63 bits per heavy atom. The van der Waals surface area contributed by atoms with Gasteiger partial charge in [-0.05, 0) is 36.6 Å². The van der Waals surface area contributed by atoms with Crippen LogP contribution in [0, 0.1) is 0 Å². The topological polar surface area (TPSA) is 26.3 Å². The molecule has 3 heteroatoms. The summed E-state index contributed by atoms with van der Waals surface area (Å²) in [6, 6.07) is 15.8. The lowest BCUT2D eigenvalue weighted by Crippen LogP contribution is -2.00. The molecule has 0 aromatic heterocycles. The zero-order valence-corrected chi connectivity index (χ0v) is 12.1. The van der Waals surface area contributed by atoms with Crippen LogP contribution in [0.4, 0.5) is 0 Å². The van der Waals surface area contributed by atoms with Crippen molar-refractivity contribution in [2.24, 2.45) is 0 Å². The smallest absolute Gasteiger partial charge is 0.151 e. The number of halogens is 1. The predicted molar refractivity (Wildman–Crippen MR) is 79.8 cm³/mol. The van der Waals surface area contributed by atoms with Crippen molar-refractivity contribution in [3.8, 4) is 5.75 Å². The van der Waals surface area contributed by atoms with Gasteiger partial charge in [-0.15, -0.1) is 0 Å². The van der Waals surface area contributed by atoms with Crippen molar-refractivity contribution in [1.29, 1.82) is 0 Å². The van der Waals surface area contributed by atoms with E-state index in [0.717, 1.165) is 29.4 Å². The maximum absolute atomic E-state index is 10.8. The maximum atomic E-state index is 10.8. The number of benzene rings is 2. The molecule has 0 radical (unpaired) electrons. The lowest BCUT2D eigenvalue weighted by Gasteiger charge is -2.07. The Balaban J connectivity index is 1.81. The van der Waals surface area contributed by atoms with Crippen LogP contribution in [0.3, 0.4) is 0 Å². The Hall–Kier alpha value is -1.61. The third-order valence-electron chi connectivity index (χ3n) is 2.82. The van der Waals surface area contributed by atoms with Crippen molar-refractivity contribution >= 4 is 22.2 Å². The van der Waals surface area contributed by atoms with E-state index in [1.54, 1.807) is 6.07 Å². The second-order valence-electron chi connectivity index (χ2n) is 4.24. The molecule has 2 aromatic rings. The monoisotopic (exact) mass is 318 g/mol. The van der Waals surface area contributed by atoms with Crippen molar-refractivity contribution in [1.82, 2.24) is 0 Å². The Bertz CT molecular complexity index is 538. The van der Waals surface area contributed by atoms with Crippen molar-refractivity contribution in [2.75, 3.05) is 6.61 Å². The predicted octanol–water partition coefficient (Wildman–Crippen LogP) is 4.27. The van der Waals surface area contributed by atoms with Crippen LogP contribution >= 0.6 is 15.9 Å². The zero-order valence-electron chi connectivity index (χ0n) is 10.5. The number of aryl methyl sites for hydroxylation is 1. The summed E-state index contributed by atoms with van der Waals surface area (Å²) in [6.07, 6.45) is 2.77. The van der Waals surface area contributed by atoms with Crippen LogP contribution in [0.2, 0.25) is 0 Å². The minimum atomic E-state index is 0.612. The Morgan fingerprint density at radius 1 is 1.11 bits per heavy atom. The van der Waals surface area contributed by atoms with E-state index in [4.69, 9.17) is 4.74 Å². The van der Waals surface area contributed by atoms with E-state index in [2.05, 4.69) is 28.1 Å². The highest BCUT2D eigenvalue weighted by atomic mass is 79.9. The van der Waals surface area contributed by atoms with Gasteiger partial charge in [0.15, 0.2) is 6.29 Å². The van der Waals surface area contributed by atoms with Crippen LogP contribution < -0.4 is 4.74 Å². The van der Waals surface area contributed by atoms with Gasteiger partial charge in [-0.1, -0.05) is 46.3 Å². The summed E-state index contributed by atoms with van der Waals surface area (Å²) < 4.78 is 6.44. The molecule has 0 aliphatic rings. The summed E-state index contributed by atoms with van der Waals surface area (Å²) in [5.74, 6) is 0.735. The third-order valence-corrected chi connectivity index (χ3v) is 3.54. The van der Waals surface area contributed by atoms with Crippen molar-refractivity contribution in [2.45, 2.75) is 12.8 Å². The van der Waals surface area contributed by atoms with Gasteiger partial charge in [0.05, 0.1) is 6.61 Å². The number of hydrogen-bond donors (Lipinski definition) is 0.